The number of carbonyl (C=O) groups is 1. The maximum absolute atomic E-state index is 11.8. The molecule has 0 aliphatic carbocycles. The standard InChI is InChI=1S/C13H14N2O3S2/c1-9-2-7-12(19-9)13(16)15-8-10-3-5-11(6-4-10)20(14,17)18/h2-7H,8H2,1H3,(H,15,16)(H2,14,17,18). The molecule has 0 saturated heterocycles. The molecule has 106 valence electrons. The van der Waals surface area contributed by atoms with Gasteiger partial charge in [-0.1, -0.05) is 12.1 Å². The Labute approximate surface area is 121 Å². The van der Waals surface area contributed by atoms with Gasteiger partial charge in [-0.3, -0.25) is 4.79 Å². The molecule has 0 fully saturated rings. The van der Waals surface area contributed by atoms with Crippen LogP contribution < -0.4 is 10.5 Å². The van der Waals surface area contributed by atoms with Gasteiger partial charge in [-0.05, 0) is 36.8 Å². The Bertz CT molecular complexity index is 718. The Kier molecular flexibility index (Phi) is 4.22. The van der Waals surface area contributed by atoms with Crippen LogP contribution in [0.2, 0.25) is 0 Å². The van der Waals surface area contributed by atoms with Gasteiger partial charge >= 0.3 is 0 Å². The summed E-state index contributed by atoms with van der Waals surface area (Å²) in [7, 11) is -3.68. The number of benzene rings is 1. The number of hydrogen-bond donors (Lipinski definition) is 2. The van der Waals surface area contributed by atoms with Crippen molar-refractivity contribution in [3.63, 3.8) is 0 Å². The Morgan fingerprint density at radius 3 is 2.35 bits per heavy atom. The lowest BCUT2D eigenvalue weighted by Gasteiger charge is -2.05. The molecule has 0 aliphatic rings. The summed E-state index contributed by atoms with van der Waals surface area (Å²) in [6, 6.07) is 9.76. The third-order valence-corrected chi connectivity index (χ3v) is 4.60. The SMILES string of the molecule is Cc1ccc(C(=O)NCc2ccc(S(N)(=O)=O)cc2)s1. The number of sulfonamides is 1. The molecule has 0 spiro atoms. The second-order valence-corrected chi connectivity index (χ2v) is 7.13. The number of thiophene rings is 1. The van der Waals surface area contributed by atoms with E-state index in [2.05, 4.69) is 5.32 Å². The molecule has 20 heavy (non-hydrogen) atoms. The van der Waals surface area contributed by atoms with Crippen molar-refractivity contribution in [3.05, 3.63) is 51.7 Å². The minimum absolute atomic E-state index is 0.0569. The molecular weight excluding hydrogens is 296 g/mol. The van der Waals surface area contributed by atoms with Gasteiger partial charge in [0.2, 0.25) is 10.0 Å². The molecule has 0 aliphatic heterocycles. The number of aryl methyl sites for hydroxylation is 1. The van der Waals surface area contributed by atoms with Crippen molar-refractivity contribution in [1.82, 2.24) is 5.32 Å². The first-order valence-electron chi connectivity index (χ1n) is 5.82. The first-order valence-corrected chi connectivity index (χ1v) is 8.19. The average Bonchev–Trinajstić information content (AvgIpc) is 2.82. The summed E-state index contributed by atoms with van der Waals surface area (Å²) >= 11 is 1.43. The van der Waals surface area contributed by atoms with Crippen molar-refractivity contribution in [2.24, 2.45) is 5.14 Å². The maximum atomic E-state index is 11.8. The van der Waals surface area contributed by atoms with Crippen LogP contribution in [0.1, 0.15) is 20.1 Å². The molecule has 0 bridgehead atoms. The fourth-order valence-electron chi connectivity index (χ4n) is 1.62. The van der Waals surface area contributed by atoms with Gasteiger partial charge in [0.1, 0.15) is 0 Å². The van der Waals surface area contributed by atoms with Crippen LogP contribution in [0.4, 0.5) is 0 Å². The normalized spacial score (nSPS) is 11.3. The molecule has 1 aromatic carbocycles. The quantitative estimate of drug-likeness (QED) is 0.899. The summed E-state index contributed by atoms with van der Waals surface area (Å²) in [5.74, 6) is -0.140. The summed E-state index contributed by atoms with van der Waals surface area (Å²) < 4.78 is 22.2. The van der Waals surface area contributed by atoms with Crippen LogP contribution in [0, 0.1) is 6.92 Å². The highest BCUT2D eigenvalue weighted by Crippen LogP contribution is 2.15. The minimum Gasteiger partial charge on any atom is -0.347 e. The number of nitrogens with two attached hydrogens (primary N) is 1. The fraction of sp³-hybridized carbons (Fsp3) is 0.154. The number of amides is 1. The van der Waals surface area contributed by atoms with Crippen LogP contribution in [0.15, 0.2) is 41.3 Å². The minimum atomic E-state index is -3.68. The number of rotatable bonds is 4. The topological polar surface area (TPSA) is 89.3 Å². The van der Waals surface area contributed by atoms with E-state index in [9.17, 15) is 13.2 Å². The zero-order chi connectivity index (χ0) is 14.8. The Morgan fingerprint density at radius 2 is 1.85 bits per heavy atom. The first-order chi connectivity index (χ1) is 9.36. The molecule has 7 heteroatoms. The number of carbonyl (C=O) groups excluding carboxylic acids is 1. The Hall–Kier alpha value is -1.70. The predicted octanol–water partition coefficient (Wildman–Crippen LogP) is 1.63. The summed E-state index contributed by atoms with van der Waals surface area (Å²) in [6.45, 7) is 2.27. The molecule has 0 atom stereocenters. The fourth-order valence-corrected chi connectivity index (χ4v) is 2.92. The van der Waals surface area contributed by atoms with E-state index < -0.39 is 10.0 Å². The average molecular weight is 310 g/mol. The van der Waals surface area contributed by atoms with Crippen molar-refractivity contribution < 1.29 is 13.2 Å². The summed E-state index contributed by atoms with van der Waals surface area (Å²) in [6.07, 6.45) is 0. The van der Waals surface area contributed by atoms with E-state index in [1.165, 1.54) is 23.5 Å². The molecule has 2 rings (SSSR count). The lowest BCUT2D eigenvalue weighted by Crippen LogP contribution is -2.21. The smallest absolute Gasteiger partial charge is 0.261 e. The van der Waals surface area contributed by atoms with Crippen molar-refractivity contribution in [1.29, 1.82) is 0 Å². The van der Waals surface area contributed by atoms with Crippen LogP contribution in [0.25, 0.3) is 0 Å². The van der Waals surface area contributed by atoms with Crippen LogP contribution in [-0.2, 0) is 16.6 Å². The third kappa shape index (κ3) is 3.66. The van der Waals surface area contributed by atoms with E-state index in [4.69, 9.17) is 5.14 Å². The molecule has 3 N–H and O–H groups in total. The maximum Gasteiger partial charge on any atom is 0.261 e. The summed E-state index contributed by atoms with van der Waals surface area (Å²) in [5, 5.41) is 7.79. The van der Waals surface area contributed by atoms with Gasteiger partial charge in [0.05, 0.1) is 9.77 Å². The molecule has 0 saturated carbocycles. The van der Waals surface area contributed by atoms with Crippen LogP contribution in [0.5, 0.6) is 0 Å². The zero-order valence-electron chi connectivity index (χ0n) is 10.8. The van der Waals surface area contributed by atoms with E-state index in [1.807, 2.05) is 13.0 Å². The number of primary sulfonamides is 1. The highest BCUT2D eigenvalue weighted by atomic mass is 32.2. The largest absolute Gasteiger partial charge is 0.347 e. The molecule has 1 heterocycles. The molecular formula is C13H14N2O3S2. The molecule has 5 nitrogen and oxygen atoms in total. The highest BCUT2D eigenvalue weighted by molar-refractivity contribution is 7.89. The van der Waals surface area contributed by atoms with Gasteiger partial charge < -0.3 is 5.32 Å². The Balaban J connectivity index is 1.99. The highest BCUT2D eigenvalue weighted by Gasteiger charge is 2.09. The molecule has 1 aromatic heterocycles. The lowest BCUT2D eigenvalue weighted by molar-refractivity contribution is 0.0955. The molecule has 1 amide bonds. The summed E-state index contributed by atoms with van der Waals surface area (Å²) in [4.78, 5) is 13.6. The molecule has 2 aromatic rings. The van der Waals surface area contributed by atoms with Crippen LogP contribution >= 0.6 is 11.3 Å². The van der Waals surface area contributed by atoms with Gasteiger partial charge in [-0.25, -0.2) is 13.6 Å². The van der Waals surface area contributed by atoms with Gasteiger partial charge in [0, 0.05) is 11.4 Å². The van der Waals surface area contributed by atoms with E-state index in [0.29, 0.717) is 11.4 Å². The Morgan fingerprint density at radius 1 is 1.20 bits per heavy atom. The van der Waals surface area contributed by atoms with E-state index in [0.717, 1.165) is 10.4 Å². The van der Waals surface area contributed by atoms with E-state index >= 15 is 0 Å². The van der Waals surface area contributed by atoms with Crippen LogP contribution in [0.3, 0.4) is 0 Å². The lowest BCUT2D eigenvalue weighted by atomic mass is 10.2. The number of hydrogen-bond acceptors (Lipinski definition) is 4. The van der Waals surface area contributed by atoms with Crippen LogP contribution in [-0.4, -0.2) is 14.3 Å². The van der Waals surface area contributed by atoms with E-state index in [1.54, 1.807) is 18.2 Å². The van der Waals surface area contributed by atoms with Crippen molar-refractivity contribution in [2.45, 2.75) is 18.4 Å². The van der Waals surface area contributed by atoms with Gasteiger partial charge in [-0.2, -0.15) is 0 Å². The van der Waals surface area contributed by atoms with Gasteiger partial charge in [0.25, 0.3) is 5.91 Å². The van der Waals surface area contributed by atoms with Crippen molar-refractivity contribution in [3.8, 4) is 0 Å². The first kappa shape index (κ1) is 14.7. The van der Waals surface area contributed by atoms with E-state index in [-0.39, 0.29) is 10.8 Å². The molecule has 0 radical (unpaired) electrons. The zero-order valence-corrected chi connectivity index (χ0v) is 12.4. The predicted molar refractivity (Wildman–Crippen MR) is 78.0 cm³/mol. The monoisotopic (exact) mass is 310 g/mol. The number of nitrogens with one attached hydrogen (secondary N) is 1. The second-order valence-electron chi connectivity index (χ2n) is 4.28. The van der Waals surface area contributed by atoms with Crippen molar-refractivity contribution in [2.75, 3.05) is 0 Å². The van der Waals surface area contributed by atoms with Crippen molar-refractivity contribution >= 4 is 27.3 Å². The summed E-state index contributed by atoms with van der Waals surface area (Å²) in [5.41, 5.74) is 0.805. The second kappa shape index (κ2) is 5.74. The van der Waals surface area contributed by atoms with Gasteiger partial charge in [-0.15, -0.1) is 11.3 Å². The third-order valence-electron chi connectivity index (χ3n) is 2.67. The molecule has 0 unspecified atom stereocenters. The van der Waals surface area contributed by atoms with Gasteiger partial charge in [0.15, 0.2) is 0 Å².